The third kappa shape index (κ3) is 5.25. The van der Waals surface area contributed by atoms with Gasteiger partial charge in [-0.3, -0.25) is 4.79 Å². The predicted molar refractivity (Wildman–Crippen MR) is 117 cm³/mol. The molecule has 0 aliphatic heterocycles. The molecule has 0 aliphatic rings. The number of rotatable bonds is 8. The largest absolute Gasteiger partial charge is 0.507 e. The number of fused-ring (bicyclic) bond motifs is 1. The van der Waals surface area contributed by atoms with E-state index in [4.69, 9.17) is 4.74 Å². The number of nitrogens with zero attached hydrogens (tertiary/aromatic N) is 2. The molecule has 0 atom stereocenters. The van der Waals surface area contributed by atoms with Crippen LogP contribution in [0.2, 0.25) is 0 Å². The number of carbonyl (C=O) groups excluding carboxylic acids is 1. The zero-order chi connectivity index (χ0) is 20.6. The van der Waals surface area contributed by atoms with E-state index < -0.39 is 0 Å². The van der Waals surface area contributed by atoms with Gasteiger partial charge >= 0.3 is 0 Å². The van der Waals surface area contributed by atoms with Crippen LogP contribution in [0.5, 0.6) is 11.5 Å². The summed E-state index contributed by atoms with van der Waals surface area (Å²) in [5.74, 6) is 0.348. The number of amides is 1. The molecule has 6 heteroatoms. The molecule has 6 nitrogen and oxygen atoms in total. The Balaban J connectivity index is 1.53. The summed E-state index contributed by atoms with van der Waals surface area (Å²) in [7, 11) is 0. The van der Waals surface area contributed by atoms with Crippen molar-refractivity contribution >= 4 is 28.6 Å². The van der Waals surface area contributed by atoms with Crippen LogP contribution in [0.4, 0.5) is 5.69 Å². The molecule has 150 valence electrons. The number of nitrogens with one attached hydrogen (secondary N) is 1. The van der Waals surface area contributed by atoms with Crippen LogP contribution in [0.15, 0.2) is 65.8 Å². The lowest BCUT2D eigenvalue weighted by atomic mass is 10.1. The van der Waals surface area contributed by atoms with Crippen LogP contribution in [0.25, 0.3) is 10.8 Å². The van der Waals surface area contributed by atoms with Crippen molar-refractivity contribution in [2.45, 2.75) is 13.8 Å². The Morgan fingerprint density at radius 1 is 1.07 bits per heavy atom. The van der Waals surface area contributed by atoms with E-state index in [0.29, 0.717) is 11.3 Å². The monoisotopic (exact) mass is 391 g/mol. The Labute approximate surface area is 170 Å². The van der Waals surface area contributed by atoms with Crippen molar-refractivity contribution in [3.8, 4) is 11.5 Å². The fraction of sp³-hybridized carbons (Fsp3) is 0.217. The van der Waals surface area contributed by atoms with Gasteiger partial charge in [0, 0.05) is 30.4 Å². The Hall–Kier alpha value is -3.54. The maximum Gasteiger partial charge on any atom is 0.277 e. The number of phenolic OH excluding ortho intramolecular Hbond substituents is 1. The Kier molecular flexibility index (Phi) is 6.68. The van der Waals surface area contributed by atoms with E-state index in [9.17, 15) is 9.90 Å². The average molecular weight is 391 g/mol. The maximum absolute atomic E-state index is 12.0. The second-order valence-corrected chi connectivity index (χ2v) is 6.51. The molecular weight excluding hydrogens is 366 g/mol. The summed E-state index contributed by atoms with van der Waals surface area (Å²) < 4.78 is 5.53. The van der Waals surface area contributed by atoms with Crippen molar-refractivity contribution in [3.05, 3.63) is 66.2 Å². The van der Waals surface area contributed by atoms with Gasteiger partial charge in [0.25, 0.3) is 5.91 Å². The lowest BCUT2D eigenvalue weighted by Gasteiger charge is -2.21. The van der Waals surface area contributed by atoms with E-state index >= 15 is 0 Å². The van der Waals surface area contributed by atoms with Gasteiger partial charge in [-0.05, 0) is 48.9 Å². The topological polar surface area (TPSA) is 74.2 Å². The molecule has 3 aromatic rings. The third-order valence-corrected chi connectivity index (χ3v) is 4.63. The van der Waals surface area contributed by atoms with E-state index in [-0.39, 0.29) is 18.3 Å². The minimum Gasteiger partial charge on any atom is -0.507 e. The zero-order valence-electron chi connectivity index (χ0n) is 16.6. The number of hydrogen-bond donors (Lipinski definition) is 2. The quantitative estimate of drug-likeness (QED) is 0.451. The minimum atomic E-state index is -0.381. The molecule has 0 unspecified atom stereocenters. The molecule has 1 amide bonds. The second kappa shape index (κ2) is 9.59. The van der Waals surface area contributed by atoms with Crippen LogP contribution < -0.4 is 15.1 Å². The summed E-state index contributed by atoms with van der Waals surface area (Å²) in [4.78, 5) is 14.1. The zero-order valence-corrected chi connectivity index (χ0v) is 16.6. The number of hydrogen-bond acceptors (Lipinski definition) is 5. The summed E-state index contributed by atoms with van der Waals surface area (Å²) in [6.45, 7) is 5.69. The molecule has 0 heterocycles. The van der Waals surface area contributed by atoms with Crippen LogP contribution in [0.3, 0.4) is 0 Å². The number of benzene rings is 3. The highest BCUT2D eigenvalue weighted by Crippen LogP contribution is 2.23. The number of carbonyl (C=O) groups is 1. The summed E-state index contributed by atoms with van der Waals surface area (Å²) in [5.41, 5.74) is 3.88. The number of phenols is 1. The predicted octanol–water partition coefficient (Wildman–Crippen LogP) is 3.92. The van der Waals surface area contributed by atoms with Crippen LogP contribution in [0, 0.1) is 0 Å². The molecule has 3 rings (SSSR count). The van der Waals surface area contributed by atoms with Crippen LogP contribution in [-0.2, 0) is 4.79 Å². The first kappa shape index (κ1) is 20.2. The summed E-state index contributed by atoms with van der Waals surface area (Å²) in [6, 6.07) is 19.0. The van der Waals surface area contributed by atoms with E-state index in [1.54, 1.807) is 12.1 Å². The molecule has 0 saturated heterocycles. The first-order chi connectivity index (χ1) is 14.1. The summed E-state index contributed by atoms with van der Waals surface area (Å²) in [5, 5.41) is 16.2. The van der Waals surface area contributed by atoms with Gasteiger partial charge in [0.05, 0.1) is 6.21 Å². The first-order valence-corrected chi connectivity index (χ1v) is 9.62. The van der Waals surface area contributed by atoms with Gasteiger partial charge in [-0.2, -0.15) is 5.10 Å². The summed E-state index contributed by atoms with van der Waals surface area (Å²) in [6.07, 6.45) is 1.41. The highest BCUT2D eigenvalue weighted by Gasteiger charge is 2.06. The lowest BCUT2D eigenvalue weighted by Crippen LogP contribution is -2.24. The Morgan fingerprint density at radius 3 is 2.55 bits per heavy atom. The number of aromatic hydroxyl groups is 1. The Bertz CT molecular complexity index is 1010. The van der Waals surface area contributed by atoms with Gasteiger partial charge in [-0.15, -0.1) is 0 Å². The van der Waals surface area contributed by atoms with Crippen LogP contribution in [0.1, 0.15) is 19.4 Å². The molecule has 0 bridgehead atoms. The molecule has 2 N–H and O–H groups in total. The summed E-state index contributed by atoms with van der Waals surface area (Å²) >= 11 is 0. The second-order valence-electron chi connectivity index (χ2n) is 6.51. The van der Waals surface area contributed by atoms with Gasteiger partial charge in [0.15, 0.2) is 6.61 Å². The lowest BCUT2D eigenvalue weighted by molar-refractivity contribution is -0.123. The number of ether oxygens (including phenoxy) is 1. The molecule has 0 aliphatic carbocycles. The Morgan fingerprint density at radius 2 is 1.83 bits per heavy atom. The molecule has 0 fully saturated rings. The standard InChI is InChI=1S/C23H25N3O3/c1-3-26(4-2)20-11-9-19(22(27)14-20)15-24-25-23(28)16-29-21-12-10-17-7-5-6-8-18(17)13-21/h5-15,27H,3-4,16H2,1-2H3,(H,25,28)/b24-15+. The molecule has 0 radical (unpaired) electrons. The fourth-order valence-electron chi connectivity index (χ4n) is 3.04. The van der Waals surface area contributed by atoms with Gasteiger partial charge < -0.3 is 14.7 Å². The normalized spacial score (nSPS) is 11.0. The molecule has 0 spiro atoms. The van der Waals surface area contributed by atoms with E-state index in [0.717, 1.165) is 29.5 Å². The molecule has 0 saturated carbocycles. The van der Waals surface area contributed by atoms with Crippen molar-refractivity contribution in [3.63, 3.8) is 0 Å². The van der Waals surface area contributed by atoms with Crippen LogP contribution >= 0.6 is 0 Å². The van der Waals surface area contributed by atoms with Crippen molar-refractivity contribution in [2.75, 3.05) is 24.6 Å². The third-order valence-electron chi connectivity index (χ3n) is 4.63. The number of anilines is 1. The van der Waals surface area contributed by atoms with Crippen molar-refractivity contribution in [1.29, 1.82) is 0 Å². The van der Waals surface area contributed by atoms with E-state index in [1.165, 1.54) is 6.21 Å². The molecular formula is C23H25N3O3. The van der Waals surface area contributed by atoms with Crippen molar-refractivity contribution in [2.24, 2.45) is 5.10 Å². The van der Waals surface area contributed by atoms with Crippen molar-refractivity contribution in [1.82, 2.24) is 5.43 Å². The highest BCUT2D eigenvalue weighted by atomic mass is 16.5. The van der Waals surface area contributed by atoms with Crippen LogP contribution in [-0.4, -0.2) is 36.9 Å². The smallest absolute Gasteiger partial charge is 0.277 e. The minimum absolute atomic E-state index is 0.111. The SMILES string of the molecule is CCN(CC)c1ccc(/C=N/NC(=O)COc2ccc3ccccc3c2)c(O)c1. The molecule has 29 heavy (non-hydrogen) atoms. The first-order valence-electron chi connectivity index (χ1n) is 9.62. The van der Waals surface area contributed by atoms with E-state index in [2.05, 4.69) is 29.3 Å². The highest BCUT2D eigenvalue weighted by molar-refractivity contribution is 5.86. The average Bonchev–Trinajstić information content (AvgIpc) is 2.74. The van der Waals surface area contributed by atoms with Gasteiger partial charge in [-0.1, -0.05) is 30.3 Å². The van der Waals surface area contributed by atoms with Gasteiger partial charge in [0.2, 0.25) is 0 Å². The van der Waals surface area contributed by atoms with Gasteiger partial charge in [-0.25, -0.2) is 5.43 Å². The van der Waals surface area contributed by atoms with Crippen molar-refractivity contribution < 1.29 is 14.6 Å². The number of hydrazone groups is 1. The molecule has 3 aromatic carbocycles. The van der Waals surface area contributed by atoms with Gasteiger partial charge in [0.1, 0.15) is 11.5 Å². The molecule has 0 aromatic heterocycles. The fourth-order valence-corrected chi connectivity index (χ4v) is 3.04. The van der Waals surface area contributed by atoms with E-state index in [1.807, 2.05) is 48.5 Å². The maximum atomic E-state index is 12.0.